The van der Waals surface area contributed by atoms with Gasteiger partial charge < -0.3 is 15.4 Å². The third-order valence-corrected chi connectivity index (χ3v) is 3.52. The molecule has 0 fully saturated rings. The van der Waals surface area contributed by atoms with Gasteiger partial charge in [-0.05, 0) is 18.1 Å². The summed E-state index contributed by atoms with van der Waals surface area (Å²) < 4.78 is 5.58. The molecule has 0 aliphatic carbocycles. The smallest absolute Gasteiger partial charge is 0.191 e. The summed E-state index contributed by atoms with van der Waals surface area (Å²) in [5.41, 5.74) is 2.34. The highest BCUT2D eigenvalue weighted by Gasteiger charge is 2.10. The van der Waals surface area contributed by atoms with Gasteiger partial charge in [-0.2, -0.15) is 0 Å². The van der Waals surface area contributed by atoms with E-state index in [4.69, 9.17) is 4.74 Å². The van der Waals surface area contributed by atoms with Crippen LogP contribution >= 0.6 is 24.0 Å². The summed E-state index contributed by atoms with van der Waals surface area (Å²) in [5, 5.41) is 6.62. The van der Waals surface area contributed by atoms with Gasteiger partial charge in [0.15, 0.2) is 5.96 Å². The maximum atomic E-state index is 5.58. The summed E-state index contributed by atoms with van der Waals surface area (Å²) in [5.74, 6) is 0.800. The molecule has 5 heteroatoms. The van der Waals surface area contributed by atoms with Gasteiger partial charge in [0.1, 0.15) is 0 Å². The third kappa shape index (κ3) is 6.88. The van der Waals surface area contributed by atoms with Crippen molar-refractivity contribution in [2.45, 2.75) is 19.6 Å². The predicted octanol–water partition coefficient (Wildman–Crippen LogP) is 3.75. The Kier molecular flexibility index (Phi) is 10.1. The minimum Gasteiger partial charge on any atom is -0.375 e. The zero-order valence-electron chi connectivity index (χ0n) is 14.2. The van der Waals surface area contributed by atoms with E-state index >= 15 is 0 Å². The van der Waals surface area contributed by atoms with Crippen LogP contribution in [0.15, 0.2) is 65.7 Å². The summed E-state index contributed by atoms with van der Waals surface area (Å²) in [6.45, 7) is 4.20. The van der Waals surface area contributed by atoms with Crippen molar-refractivity contribution in [1.29, 1.82) is 0 Å². The summed E-state index contributed by atoms with van der Waals surface area (Å²) in [7, 11) is 1.73. The lowest BCUT2D eigenvalue weighted by Gasteiger charge is -2.18. The van der Waals surface area contributed by atoms with Crippen LogP contribution in [0.2, 0.25) is 0 Å². The molecule has 0 aromatic heterocycles. The molecule has 0 spiro atoms. The molecule has 1 atom stereocenters. The molecule has 2 aromatic rings. The number of rotatable bonds is 7. The van der Waals surface area contributed by atoms with E-state index in [0.29, 0.717) is 13.1 Å². The van der Waals surface area contributed by atoms with Crippen LogP contribution in [0.25, 0.3) is 0 Å². The van der Waals surface area contributed by atoms with Crippen molar-refractivity contribution in [3.05, 3.63) is 71.8 Å². The number of hydrogen-bond acceptors (Lipinski definition) is 2. The number of aliphatic imine (C=N–C) groups is 1. The SMILES string of the molecule is CCNC(=NCc1ccccc1)NCC(OC)c1ccccc1.I. The molecule has 0 aliphatic rings. The van der Waals surface area contributed by atoms with Crippen LogP contribution in [0.3, 0.4) is 0 Å². The first-order valence-corrected chi connectivity index (χ1v) is 7.97. The Bertz CT molecular complexity index is 590. The van der Waals surface area contributed by atoms with Gasteiger partial charge in [0.2, 0.25) is 0 Å². The molecule has 0 bridgehead atoms. The summed E-state index contributed by atoms with van der Waals surface area (Å²) in [6.07, 6.45) is -0.00298. The first kappa shape index (κ1) is 20.4. The fraction of sp³-hybridized carbons (Fsp3) is 0.316. The maximum absolute atomic E-state index is 5.58. The topological polar surface area (TPSA) is 45.7 Å². The second kappa shape index (κ2) is 11.9. The average Bonchev–Trinajstić information content (AvgIpc) is 2.62. The normalized spacial score (nSPS) is 12.2. The zero-order valence-corrected chi connectivity index (χ0v) is 16.6. The lowest BCUT2D eigenvalue weighted by molar-refractivity contribution is 0.106. The molecule has 0 heterocycles. The number of nitrogens with one attached hydrogen (secondary N) is 2. The van der Waals surface area contributed by atoms with Crippen molar-refractivity contribution in [2.24, 2.45) is 4.99 Å². The third-order valence-electron chi connectivity index (χ3n) is 3.52. The lowest BCUT2D eigenvalue weighted by atomic mass is 10.1. The Morgan fingerprint density at radius 2 is 1.62 bits per heavy atom. The molecule has 0 saturated heterocycles. The fourth-order valence-electron chi connectivity index (χ4n) is 2.29. The Labute approximate surface area is 161 Å². The Balaban J connectivity index is 0.00000288. The first-order chi connectivity index (χ1) is 11.3. The molecule has 4 nitrogen and oxygen atoms in total. The molecule has 2 aromatic carbocycles. The van der Waals surface area contributed by atoms with Gasteiger partial charge in [-0.1, -0.05) is 60.7 Å². The standard InChI is InChI=1S/C19H25N3O.HI/c1-3-20-19(21-14-16-10-6-4-7-11-16)22-15-18(23-2)17-12-8-5-9-13-17;/h4-13,18H,3,14-15H2,1-2H3,(H2,20,21,22);1H. The average molecular weight is 439 g/mol. The lowest BCUT2D eigenvalue weighted by Crippen LogP contribution is -2.39. The van der Waals surface area contributed by atoms with E-state index in [1.54, 1.807) is 7.11 Å². The molecule has 0 saturated carbocycles. The number of ether oxygens (including phenoxy) is 1. The van der Waals surface area contributed by atoms with Gasteiger partial charge in [-0.15, -0.1) is 24.0 Å². The van der Waals surface area contributed by atoms with E-state index in [-0.39, 0.29) is 30.1 Å². The van der Waals surface area contributed by atoms with Crippen LogP contribution in [0.1, 0.15) is 24.2 Å². The quantitative estimate of drug-likeness (QED) is 0.393. The minimum absolute atomic E-state index is 0. The van der Waals surface area contributed by atoms with E-state index in [1.807, 2.05) is 36.4 Å². The van der Waals surface area contributed by atoms with Crippen molar-refractivity contribution in [3.8, 4) is 0 Å². The fourth-order valence-corrected chi connectivity index (χ4v) is 2.29. The Morgan fingerprint density at radius 3 is 2.21 bits per heavy atom. The molecular weight excluding hydrogens is 413 g/mol. The summed E-state index contributed by atoms with van der Waals surface area (Å²) in [4.78, 5) is 4.62. The molecule has 0 aliphatic heterocycles. The summed E-state index contributed by atoms with van der Waals surface area (Å²) in [6, 6.07) is 20.4. The van der Waals surface area contributed by atoms with Crippen LogP contribution in [-0.4, -0.2) is 26.2 Å². The minimum atomic E-state index is -0.00298. The predicted molar refractivity (Wildman–Crippen MR) is 111 cm³/mol. The molecular formula is C19H26IN3O. The van der Waals surface area contributed by atoms with Crippen molar-refractivity contribution < 1.29 is 4.74 Å². The number of halogens is 1. The van der Waals surface area contributed by atoms with Crippen molar-refractivity contribution in [3.63, 3.8) is 0 Å². The number of nitrogens with zero attached hydrogens (tertiary/aromatic N) is 1. The van der Waals surface area contributed by atoms with Gasteiger partial charge in [-0.25, -0.2) is 4.99 Å². The van der Waals surface area contributed by atoms with E-state index in [9.17, 15) is 0 Å². The van der Waals surface area contributed by atoms with Crippen molar-refractivity contribution >= 4 is 29.9 Å². The molecule has 0 amide bonds. The maximum Gasteiger partial charge on any atom is 0.191 e. The van der Waals surface area contributed by atoms with E-state index in [1.165, 1.54) is 5.56 Å². The van der Waals surface area contributed by atoms with Crippen LogP contribution in [0.5, 0.6) is 0 Å². The van der Waals surface area contributed by atoms with Gasteiger partial charge in [-0.3, -0.25) is 0 Å². The van der Waals surface area contributed by atoms with Gasteiger partial charge >= 0.3 is 0 Å². The van der Waals surface area contributed by atoms with E-state index in [2.05, 4.69) is 46.8 Å². The molecule has 2 N–H and O–H groups in total. The molecule has 2 rings (SSSR count). The second-order valence-electron chi connectivity index (χ2n) is 5.20. The molecule has 130 valence electrons. The first-order valence-electron chi connectivity index (χ1n) is 7.97. The van der Waals surface area contributed by atoms with E-state index in [0.717, 1.165) is 18.1 Å². The second-order valence-corrected chi connectivity index (χ2v) is 5.20. The number of guanidine groups is 1. The number of benzene rings is 2. The largest absolute Gasteiger partial charge is 0.375 e. The van der Waals surface area contributed by atoms with Crippen LogP contribution < -0.4 is 10.6 Å². The molecule has 24 heavy (non-hydrogen) atoms. The van der Waals surface area contributed by atoms with Crippen molar-refractivity contribution in [2.75, 3.05) is 20.2 Å². The van der Waals surface area contributed by atoms with Crippen molar-refractivity contribution in [1.82, 2.24) is 10.6 Å². The van der Waals surface area contributed by atoms with Gasteiger partial charge in [0.25, 0.3) is 0 Å². The van der Waals surface area contributed by atoms with Gasteiger partial charge in [0.05, 0.1) is 12.6 Å². The number of methoxy groups -OCH3 is 1. The number of hydrogen-bond donors (Lipinski definition) is 2. The van der Waals surface area contributed by atoms with Gasteiger partial charge in [0, 0.05) is 20.2 Å². The highest BCUT2D eigenvalue weighted by atomic mass is 127. The zero-order chi connectivity index (χ0) is 16.3. The summed E-state index contributed by atoms with van der Waals surface area (Å²) >= 11 is 0. The molecule has 0 radical (unpaired) electrons. The van der Waals surface area contributed by atoms with Crippen LogP contribution in [0.4, 0.5) is 0 Å². The molecule has 1 unspecified atom stereocenters. The van der Waals surface area contributed by atoms with Crippen LogP contribution in [-0.2, 0) is 11.3 Å². The highest BCUT2D eigenvalue weighted by Crippen LogP contribution is 2.14. The van der Waals surface area contributed by atoms with Crippen LogP contribution in [0, 0.1) is 0 Å². The van der Waals surface area contributed by atoms with E-state index < -0.39 is 0 Å². The monoisotopic (exact) mass is 439 g/mol. The highest BCUT2D eigenvalue weighted by molar-refractivity contribution is 14.0. The Morgan fingerprint density at radius 1 is 1.00 bits per heavy atom. The Hall–Kier alpha value is -1.60.